The average molecular weight is 377 g/mol. The minimum atomic E-state index is -0.419. The first-order valence-corrected chi connectivity index (χ1v) is 9.51. The van der Waals surface area contributed by atoms with Crippen LogP contribution in [0.2, 0.25) is 0 Å². The van der Waals surface area contributed by atoms with Crippen LogP contribution in [-0.2, 0) is 6.54 Å². The first-order valence-electron chi connectivity index (χ1n) is 9.51. The van der Waals surface area contributed by atoms with Gasteiger partial charge in [0.05, 0.1) is 0 Å². The maximum absolute atomic E-state index is 11.2. The second-order valence-corrected chi connectivity index (χ2v) is 6.98. The second-order valence-electron chi connectivity index (χ2n) is 6.98. The van der Waals surface area contributed by atoms with Gasteiger partial charge in [-0.15, -0.1) is 0 Å². The average Bonchev–Trinajstić information content (AvgIpc) is 2.67. The highest BCUT2D eigenvalue weighted by Gasteiger charge is 2.15. The van der Waals surface area contributed by atoms with Crippen molar-refractivity contribution in [3.05, 3.63) is 77.4 Å². The number of carbonyl (C=O) groups excluding carboxylic acids is 1. The van der Waals surface area contributed by atoms with Crippen LogP contribution in [0.3, 0.4) is 0 Å². The quantitative estimate of drug-likeness (QED) is 0.440. The first kappa shape index (κ1) is 19.9. The van der Waals surface area contributed by atoms with Gasteiger partial charge in [-0.3, -0.25) is 4.79 Å². The third-order valence-electron chi connectivity index (χ3n) is 4.65. The molecule has 5 heteroatoms. The zero-order valence-corrected chi connectivity index (χ0v) is 16.0. The lowest BCUT2D eigenvalue weighted by Gasteiger charge is -2.27. The van der Waals surface area contributed by atoms with E-state index in [1.54, 1.807) is 18.2 Å². The van der Waals surface area contributed by atoms with E-state index in [0.29, 0.717) is 12.2 Å². The smallest absolute Gasteiger partial charge is 0.248 e. The molecule has 1 amide bonds. The van der Waals surface area contributed by atoms with Crippen LogP contribution < -0.4 is 21.1 Å². The normalized spacial score (nSPS) is 14.0. The molecule has 28 heavy (non-hydrogen) atoms. The van der Waals surface area contributed by atoms with Gasteiger partial charge >= 0.3 is 0 Å². The summed E-state index contributed by atoms with van der Waals surface area (Å²) in [6.45, 7) is 8.19. The number of nitrogens with one attached hydrogen (secondary N) is 2. The maximum Gasteiger partial charge on any atom is 0.248 e. The van der Waals surface area contributed by atoms with Crippen molar-refractivity contribution >= 4 is 18.1 Å². The van der Waals surface area contributed by atoms with E-state index in [4.69, 9.17) is 10.5 Å². The van der Waals surface area contributed by atoms with Gasteiger partial charge in [0.1, 0.15) is 12.4 Å². The molecule has 0 radical (unpaired) electrons. The number of hydrogen-bond acceptors (Lipinski definition) is 4. The molecular weight excluding hydrogens is 350 g/mol. The SMILES string of the molecule is C=CCOc1cc(/C=C/c2ccc(C(N)=O)cc2)cc(CNCC2CNC2)c1. The molecule has 1 saturated heterocycles. The first-order chi connectivity index (χ1) is 13.6. The molecule has 146 valence electrons. The van der Waals surface area contributed by atoms with Crippen LogP contribution in [0.15, 0.2) is 55.1 Å². The predicted molar refractivity (Wildman–Crippen MR) is 114 cm³/mol. The molecule has 1 heterocycles. The van der Waals surface area contributed by atoms with Gasteiger partial charge in [0, 0.05) is 31.7 Å². The Labute approximate surface area is 166 Å². The van der Waals surface area contributed by atoms with E-state index >= 15 is 0 Å². The number of hydrogen-bond donors (Lipinski definition) is 3. The molecule has 0 aromatic heterocycles. The number of primary amides is 1. The van der Waals surface area contributed by atoms with Crippen LogP contribution in [0.5, 0.6) is 5.75 Å². The molecule has 0 saturated carbocycles. The topological polar surface area (TPSA) is 76.4 Å². The van der Waals surface area contributed by atoms with Crippen molar-refractivity contribution in [2.24, 2.45) is 11.7 Å². The Morgan fingerprint density at radius 2 is 1.93 bits per heavy atom. The standard InChI is InChI=1S/C23H27N3O2/c1-2-9-28-22-11-18(4-3-17-5-7-21(8-6-17)23(24)27)10-19(12-22)13-25-14-20-15-26-16-20/h2-8,10-12,20,25-26H,1,9,13-16H2,(H2,24,27)/b4-3+. The van der Waals surface area contributed by atoms with Gasteiger partial charge in [-0.25, -0.2) is 0 Å². The molecule has 2 aromatic rings. The van der Waals surface area contributed by atoms with Crippen molar-refractivity contribution in [3.63, 3.8) is 0 Å². The monoisotopic (exact) mass is 377 g/mol. The zero-order chi connectivity index (χ0) is 19.8. The van der Waals surface area contributed by atoms with Crippen LogP contribution in [0.25, 0.3) is 12.2 Å². The highest BCUT2D eigenvalue weighted by atomic mass is 16.5. The minimum Gasteiger partial charge on any atom is -0.490 e. The van der Waals surface area contributed by atoms with E-state index in [1.165, 1.54) is 5.56 Å². The van der Waals surface area contributed by atoms with Gasteiger partial charge in [0.15, 0.2) is 0 Å². The van der Waals surface area contributed by atoms with Crippen LogP contribution in [0.4, 0.5) is 0 Å². The molecule has 4 N–H and O–H groups in total. The summed E-state index contributed by atoms with van der Waals surface area (Å²) in [5, 5.41) is 6.81. The van der Waals surface area contributed by atoms with E-state index in [1.807, 2.05) is 30.4 Å². The van der Waals surface area contributed by atoms with E-state index in [9.17, 15) is 4.79 Å². The zero-order valence-electron chi connectivity index (χ0n) is 16.0. The molecule has 0 aliphatic carbocycles. The van der Waals surface area contributed by atoms with Crippen molar-refractivity contribution in [1.82, 2.24) is 10.6 Å². The lowest BCUT2D eigenvalue weighted by Crippen LogP contribution is -2.47. The number of ether oxygens (including phenoxy) is 1. The summed E-state index contributed by atoms with van der Waals surface area (Å²) in [6, 6.07) is 13.5. The molecule has 0 bridgehead atoms. The molecule has 0 atom stereocenters. The number of benzene rings is 2. The van der Waals surface area contributed by atoms with Crippen molar-refractivity contribution in [3.8, 4) is 5.75 Å². The fraction of sp³-hybridized carbons (Fsp3) is 0.261. The summed E-state index contributed by atoms with van der Waals surface area (Å²) in [5.74, 6) is 1.13. The Balaban J connectivity index is 1.70. The molecule has 1 aliphatic rings. The van der Waals surface area contributed by atoms with Crippen molar-refractivity contribution in [1.29, 1.82) is 0 Å². The Hall–Kier alpha value is -2.89. The fourth-order valence-corrected chi connectivity index (χ4v) is 2.99. The minimum absolute atomic E-state index is 0.419. The number of amides is 1. The van der Waals surface area contributed by atoms with Crippen molar-refractivity contribution in [2.45, 2.75) is 6.54 Å². The molecule has 3 rings (SSSR count). The Morgan fingerprint density at radius 3 is 2.57 bits per heavy atom. The largest absolute Gasteiger partial charge is 0.490 e. The van der Waals surface area contributed by atoms with Gasteiger partial charge in [-0.05, 0) is 46.9 Å². The summed E-state index contributed by atoms with van der Waals surface area (Å²) < 4.78 is 5.75. The number of nitrogens with two attached hydrogens (primary N) is 1. The summed E-state index contributed by atoms with van der Waals surface area (Å²) in [7, 11) is 0. The molecule has 0 unspecified atom stereocenters. The highest BCUT2D eigenvalue weighted by Crippen LogP contribution is 2.20. The van der Waals surface area contributed by atoms with E-state index in [0.717, 1.165) is 49.0 Å². The molecule has 1 aliphatic heterocycles. The Bertz CT molecular complexity index is 839. The van der Waals surface area contributed by atoms with Gasteiger partial charge in [-0.1, -0.05) is 43.0 Å². The maximum atomic E-state index is 11.2. The number of carbonyl (C=O) groups is 1. The lowest BCUT2D eigenvalue weighted by atomic mass is 10.0. The Morgan fingerprint density at radius 1 is 1.18 bits per heavy atom. The molecule has 2 aromatic carbocycles. The fourth-order valence-electron chi connectivity index (χ4n) is 2.99. The van der Waals surface area contributed by atoms with Gasteiger partial charge < -0.3 is 21.1 Å². The van der Waals surface area contributed by atoms with Gasteiger partial charge in [0.25, 0.3) is 0 Å². The van der Waals surface area contributed by atoms with Gasteiger partial charge in [-0.2, -0.15) is 0 Å². The van der Waals surface area contributed by atoms with Crippen LogP contribution in [0, 0.1) is 5.92 Å². The lowest BCUT2D eigenvalue weighted by molar-refractivity contribution is 0.100. The third kappa shape index (κ3) is 5.81. The molecule has 1 fully saturated rings. The van der Waals surface area contributed by atoms with E-state index in [-0.39, 0.29) is 0 Å². The molecular formula is C23H27N3O2. The van der Waals surface area contributed by atoms with E-state index < -0.39 is 5.91 Å². The highest BCUT2D eigenvalue weighted by molar-refractivity contribution is 5.93. The summed E-state index contributed by atoms with van der Waals surface area (Å²) >= 11 is 0. The van der Waals surface area contributed by atoms with Crippen LogP contribution in [0.1, 0.15) is 27.0 Å². The Kier molecular flexibility index (Phi) is 7.00. The summed E-state index contributed by atoms with van der Waals surface area (Å²) in [4.78, 5) is 11.2. The van der Waals surface area contributed by atoms with Crippen LogP contribution >= 0.6 is 0 Å². The van der Waals surface area contributed by atoms with E-state index in [2.05, 4.69) is 29.3 Å². The number of rotatable bonds is 10. The van der Waals surface area contributed by atoms with Crippen LogP contribution in [-0.4, -0.2) is 32.1 Å². The third-order valence-corrected chi connectivity index (χ3v) is 4.65. The summed E-state index contributed by atoms with van der Waals surface area (Å²) in [5.41, 5.74) is 9.03. The van der Waals surface area contributed by atoms with Crippen molar-refractivity contribution in [2.75, 3.05) is 26.2 Å². The molecule has 0 spiro atoms. The van der Waals surface area contributed by atoms with Gasteiger partial charge in [0.2, 0.25) is 5.91 Å². The second kappa shape index (κ2) is 9.88. The molecule has 5 nitrogen and oxygen atoms in total. The van der Waals surface area contributed by atoms with Crippen molar-refractivity contribution < 1.29 is 9.53 Å². The summed E-state index contributed by atoms with van der Waals surface area (Å²) in [6.07, 6.45) is 5.79. The predicted octanol–water partition coefficient (Wildman–Crippen LogP) is 2.83.